The van der Waals surface area contributed by atoms with E-state index in [1.54, 1.807) is 11.3 Å². The molecule has 0 aromatic carbocycles. The summed E-state index contributed by atoms with van der Waals surface area (Å²) in [4.78, 5) is 20.0. The third-order valence-electron chi connectivity index (χ3n) is 4.36. The molecule has 1 unspecified atom stereocenters. The summed E-state index contributed by atoms with van der Waals surface area (Å²) < 4.78 is 5.18. The van der Waals surface area contributed by atoms with Gasteiger partial charge in [-0.05, 0) is 43.2 Å². The molecule has 1 aliphatic heterocycles. The molecule has 6 nitrogen and oxygen atoms in total. The van der Waals surface area contributed by atoms with Crippen LogP contribution in [0.2, 0.25) is 0 Å². The van der Waals surface area contributed by atoms with Gasteiger partial charge in [-0.1, -0.05) is 5.16 Å². The molecule has 1 N–H and O–H groups in total. The monoisotopic (exact) mass is 318 g/mol. The number of rotatable bonds is 3. The van der Waals surface area contributed by atoms with Crippen molar-refractivity contribution in [3.8, 4) is 0 Å². The minimum absolute atomic E-state index is 0.0736. The van der Waals surface area contributed by atoms with E-state index in [1.807, 2.05) is 4.90 Å². The van der Waals surface area contributed by atoms with Gasteiger partial charge in [0.15, 0.2) is 5.82 Å². The Morgan fingerprint density at radius 3 is 3.23 bits per heavy atom. The average molecular weight is 318 g/mol. The Kier molecular flexibility index (Phi) is 3.37. The number of amides is 2. The van der Waals surface area contributed by atoms with E-state index in [0.29, 0.717) is 11.8 Å². The number of aromatic nitrogens is 2. The first-order valence-electron chi connectivity index (χ1n) is 7.65. The Labute approximate surface area is 132 Å². The van der Waals surface area contributed by atoms with Gasteiger partial charge in [-0.25, -0.2) is 4.79 Å². The van der Waals surface area contributed by atoms with Crippen LogP contribution in [0, 0.1) is 0 Å². The molecule has 7 heteroatoms. The molecule has 2 aliphatic rings. The molecule has 2 aromatic rings. The highest BCUT2D eigenvalue weighted by Gasteiger charge is 2.30. The largest absolute Gasteiger partial charge is 0.337 e. The van der Waals surface area contributed by atoms with Gasteiger partial charge in [0, 0.05) is 17.3 Å². The topological polar surface area (TPSA) is 71.3 Å². The summed E-state index contributed by atoms with van der Waals surface area (Å²) in [5.41, 5.74) is 1.26. The number of urea groups is 1. The standard InChI is InChI=1S/C15H18N4O2S/c1-9-11-5-7-22-12(11)4-6-19(9)15(20)16-8-13-17-14(18-21-13)10-2-3-10/h5,7,9-10H,2-4,6,8H2,1H3,(H,16,20). The fourth-order valence-corrected chi connectivity index (χ4v) is 3.85. The van der Waals surface area contributed by atoms with Crippen LogP contribution in [0.15, 0.2) is 16.0 Å². The third-order valence-corrected chi connectivity index (χ3v) is 5.35. The zero-order valence-electron chi connectivity index (χ0n) is 12.4. The molecule has 0 radical (unpaired) electrons. The Hall–Kier alpha value is -1.89. The summed E-state index contributed by atoms with van der Waals surface area (Å²) in [6, 6.07) is 2.15. The second-order valence-electron chi connectivity index (χ2n) is 5.90. The molecule has 116 valence electrons. The van der Waals surface area contributed by atoms with Crippen LogP contribution in [0.1, 0.15) is 53.9 Å². The minimum atomic E-state index is -0.0736. The summed E-state index contributed by atoms with van der Waals surface area (Å²) in [6.45, 7) is 3.11. The molecule has 3 heterocycles. The molecule has 22 heavy (non-hydrogen) atoms. The van der Waals surface area contributed by atoms with Gasteiger partial charge < -0.3 is 14.7 Å². The fourth-order valence-electron chi connectivity index (χ4n) is 2.89. The van der Waals surface area contributed by atoms with Crippen LogP contribution < -0.4 is 5.32 Å². The Morgan fingerprint density at radius 1 is 1.55 bits per heavy atom. The Balaban J connectivity index is 1.37. The number of carbonyl (C=O) groups is 1. The molecule has 4 rings (SSSR count). The van der Waals surface area contributed by atoms with E-state index in [4.69, 9.17) is 4.52 Å². The molecular formula is C15H18N4O2S. The predicted molar refractivity (Wildman–Crippen MR) is 81.7 cm³/mol. The molecule has 1 fully saturated rings. The number of hydrogen-bond donors (Lipinski definition) is 1. The van der Waals surface area contributed by atoms with Crippen LogP contribution >= 0.6 is 11.3 Å². The number of nitrogens with zero attached hydrogens (tertiary/aromatic N) is 3. The molecule has 0 saturated heterocycles. The van der Waals surface area contributed by atoms with E-state index < -0.39 is 0 Å². The summed E-state index contributed by atoms with van der Waals surface area (Å²) in [6.07, 6.45) is 3.20. The lowest BCUT2D eigenvalue weighted by atomic mass is 10.0. The maximum atomic E-state index is 12.4. The van der Waals surface area contributed by atoms with Crippen LogP contribution in [0.5, 0.6) is 0 Å². The van der Waals surface area contributed by atoms with E-state index in [2.05, 4.69) is 33.8 Å². The highest BCUT2D eigenvalue weighted by molar-refractivity contribution is 7.10. The second kappa shape index (κ2) is 5.39. The van der Waals surface area contributed by atoms with Crippen molar-refractivity contribution in [2.45, 2.75) is 44.7 Å². The van der Waals surface area contributed by atoms with Crippen LogP contribution in [-0.4, -0.2) is 27.6 Å². The quantitative estimate of drug-likeness (QED) is 0.944. The highest BCUT2D eigenvalue weighted by atomic mass is 32.1. The van der Waals surface area contributed by atoms with Gasteiger partial charge in [0.05, 0.1) is 12.6 Å². The van der Waals surface area contributed by atoms with E-state index in [1.165, 1.54) is 10.4 Å². The van der Waals surface area contributed by atoms with Crippen molar-refractivity contribution in [2.75, 3.05) is 6.54 Å². The smallest absolute Gasteiger partial charge is 0.318 e. The molecular weight excluding hydrogens is 300 g/mol. The number of nitrogens with one attached hydrogen (secondary N) is 1. The van der Waals surface area contributed by atoms with E-state index in [-0.39, 0.29) is 18.6 Å². The lowest BCUT2D eigenvalue weighted by Gasteiger charge is -2.33. The number of thiophene rings is 1. The van der Waals surface area contributed by atoms with Gasteiger partial charge in [-0.2, -0.15) is 4.98 Å². The summed E-state index contributed by atoms with van der Waals surface area (Å²) in [5, 5.41) is 8.94. The van der Waals surface area contributed by atoms with Gasteiger partial charge in [-0.15, -0.1) is 11.3 Å². The lowest BCUT2D eigenvalue weighted by molar-refractivity contribution is 0.173. The first kappa shape index (κ1) is 13.8. The molecule has 0 bridgehead atoms. The first-order chi connectivity index (χ1) is 10.7. The molecule has 1 saturated carbocycles. The van der Waals surface area contributed by atoms with Gasteiger partial charge in [-0.3, -0.25) is 0 Å². The van der Waals surface area contributed by atoms with Gasteiger partial charge in [0.25, 0.3) is 0 Å². The van der Waals surface area contributed by atoms with Crippen molar-refractivity contribution in [2.24, 2.45) is 0 Å². The molecule has 1 atom stereocenters. The fraction of sp³-hybridized carbons (Fsp3) is 0.533. The van der Waals surface area contributed by atoms with Crippen molar-refractivity contribution >= 4 is 17.4 Å². The van der Waals surface area contributed by atoms with Crippen LogP contribution in [0.4, 0.5) is 4.79 Å². The van der Waals surface area contributed by atoms with Crippen molar-refractivity contribution < 1.29 is 9.32 Å². The lowest BCUT2D eigenvalue weighted by Crippen LogP contribution is -2.44. The summed E-state index contributed by atoms with van der Waals surface area (Å²) in [5.74, 6) is 1.72. The van der Waals surface area contributed by atoms with Crippen LogP contribution in [0.3, 0.4) is 0 Å². The molecule has 1 aliphatic carbocycles. The average Bonchev–Trinajstić information content (AvgIpc) is 3.07. The predicted octanol–water partition coefficient (Wildman–Crippen LogP) is 2.84. The minimum Gasteiger partial charge on any atom is -0.337 e. The van der Waals surface area contributed by atoms with E-state index in [9.17, 15) is 4.79 Å². The van der Waals surface area contributed by atoms with Crippen molar-refractivity contribution in [1.82, 2.24) is 20.4 Å². The second-order valence-corrected chi connectivity index (χ2v) is 6.90. The Bertz CT molecular complexity index is 691. The van der Waals surface area contributed by atoms with Crippen molar-refractivity contribution in [3.05, 3.63) is 33.6 Å². The van der Waals surface area contributed by atoms with Gasteiger partial charge in [0.2, 0.25) is 5.89 Å². The third kappa shape index (κ3) is 2.49. The normalized spacial score (nSPS) is 20.8. The number of carbonyl (C=O) groups excluding carboxylic acids is 1. The summed E-state index contributed by atoms with van der Waals surface area (Å²) in [7, 11) is 0. The molecule has 2 aromatic heterocycles. The van der Waals surface area contributed by atoms with E-state index in [0.717, 1.165) is 31.6 Å². The van der Waals surface area contributed by atoms with Crippen LogP contribution in [0.25, 0.3) is 0 Å². The maximum Gasteiger partial charge on any atom is 0.318 e. The van der Waals surface area contributed by atoms with Gasteiger partial charge in [0.1, 0.15) is 0 Å². The maximum absolute atomic E-state index is 12.4. The van der Waals surface area contributed by atoms with E-state index >= 15 is 0 Å². The van der Waals surface area contributed by atoms with Crippen LogP contribution in [-0.2, 0) is 13.0 Å². The Morgan fingerprint density at radius 2 is 2.41 bits per heavy atom. The molecule has 2 amide bonds. The van der Waals surface area contributed by atoms with Gasteiger partial charge >= 0.3 is 6.03 Å². The summed E-state index contributed by atoms with van der Waals surface area (Å²) >= 11 is 1.77. The zero-order valence-corrected chi connectivity index (χ0v) is 13.2. The number of hydrogen-bond acceptors (Lipinski definition) is 5. The van der Waals surface area contributed by atoms with Crippen molar-refractivity contribution in [3.63, 3.8) is 0 Å². The zero-order chi connectivity index (χ0) is 15.1. The SMILES string of the molecule is CC1c2ccsc2CCN1C(=O)NCc1nc(C2CC2)no1. The highest BCUT2D eigenvalue weighted by Crippen LogP contribution is 2.38. The molecule has 0 spiro atoms. The number of fused-ring (bicyclic) bond motifs is 1. The first-order valence-corrected chi connectivity index (χ1v) is 8.53. The van der Waals surface area contributed by atoms with Crippen molar-refractivity contribution in [1.29, 1.82) is 0 Å².